The van der Waals surface area contributed by atoms with E-state index < -0.39 is 5.97 Å². The highest BCUT2D eigenvalue weighted by molar-refractivity contribution is 5.91. The van der Waals surface area contributed by atoms with Crippen LogP contribution in [0.2, 0.25) is 0 Å². The van der Waals surface area contributed by atoms with Gasteiger partial charge in [0.1, 0.15) is 11.3 Å². The lowest BCUT2D eigenvalue weighted by Gasteiger charge is -2.10. The monoisotopic (exact) mass is 207 g/mol. The zero-order chi connectivity index (χ0) is 11.0. The fraction of sp³-hybridized carbons (Fsp3) is 0.364. The molecule has 1 unspecified atom stereocenters. The first-order valence-corrected chi connectivity index (χ1v) is 4.83. The Morgan fingerprint density at radius 1 is 1.60 bits per heavy atom. The predicted molar refractivity (Wildman–Crippen MR) is 55.2 cm³/mol. The van der Waals surface area contributed by atoms with Crippen LogP contribution in [0.4, 0.5) is 0 Å². The molecule has 0 saturated carbocycles. The molecule has 3 N–H and O–H groups in total. The van der Waals surface area contributed by atoms with Crippen LogP contribution in [0.15, 0.2) is 12.1 Å². The summed E-state index contributed by atoms with van der Waals surface area (Å²) in [7, 11) is 1.48. The van der Waals surface area contributed by atoms with Crippen molar-refractivity contribution in [2.24, 2.45) is 5.73 Å². The van der Waals surface area contributed by atoms with Crippen LogP contribution in [0.25, 0.3) is 0 Å². The van der Waals surface area contributed by atoms with Gasteiger partial charge in [-0.1, -0.05) is 0 Å². The Balaban J connectivity index is 2.56. The molecule has 0 amide bonds. The van der Waals surface area contributed by atoms with Gasteiger partial charge in [-0.25, -0.2) is 4.79 Å². The molecular weight excluding hydrogens is 194 g/mol. The molecule has 0 radical (unpaired) electrons. The summed E-state index contributed by atoms with van der Waals surface area (Å²) in [6.07, 6.45) is 1.77. The summed E-state index contributed by atoms with van der Waals surface area (Å²) < 4.78 is 5.05. The summed E-state index contributed by atoms with van der Waals surface area (Å²) in [6.45, 7) is 0. The minimum absolute atomic E-state index is 0.0380. The molecule has 1 aromatic rings. The molecule has 4 nitrogen and oxygen atoms in total. The van der Waals surface area contributed by atoms with Gasteiger partial charge in [0.25, 0.3) is 0 Å². The maximum atomic E-state index is 11.0. The van der Waals surface area contributed by atoms with Gasteiger partial charge in [-0.15, -0.1) is 0 Å². The molecule has 80 valence electrons. The van der Waals surface area contributed by atoms with E-state index >= 15 is 0 Å². The van der Waals surface area contributed by atoms with E-state index in [1.807, 2.05) is 0 Å². The molecule has 0 bridgehead atoms. The summed E-state index contributed by atoms with van der Waals surface area (Å²) >= 11 is 0. The highest BCUT2D eigenvalue weighted by Crippen LogP contribution is 2.34. The van der Waals surface area contributed by atoms with Crippen LogP contribution in [0.1, 0.15) is 33.9 Å². The van der Waals surface area contributed by atoms with Crippen LogP contribution in [0.5, 0.6) is 5.75 Å². The summed E-state index contributed by atoms with van der Waals surface area (Å²) in [5.74, 6) is -0.566. The van der Waals surface area contributed by atoms with E-state index in [0.29, 0.717) is 5.75 Å². The van der Waals surface area contributed by atoms with Gasteiger partial charge in [0.15, 0.2) is 0 Å². The van der Waals surface area contributed by atoms with Crippen molar-refractivity contribution in [3.63, 3.8) is 0 Å². The Kier molecular flexibility index (Phi) is 2.36. The van der Waals surface area contributed by atoms with Gasteiger partial charge in [-0.3, -0.25) is 0 Å². The Labute approximate surface area is 87.7 Å². The second-order valence-corrected chi connectivity index (χ2v) is 3.70. The zero-order valence-electron chi connectivity index (χ0n) is 8.49. The van der Waals surface area contributed by atoms with Crippen molar-refractivity contribution in [2.75, 3.05) is 7.11 Å². The van der Waals surface area contributed by atoms with Gasteiger partial charge in [0, 0.05) is 6.04 Å². The molecule has 1 aliphatic carbocycles. The molecule has 0 aliphatic heterocycles. The number of aromatic carboxylic acids is 1. The number of aryl methyl sites for hydroxylation is 1. The third kappa shape index (κ3) is 1.57. The molecular formula is C11H13NO3. The molecule has 2 rings (SSSR count). The van der Waals surface area contributed by atoms with Crippen molar-refractivity contribution < 1.29 is 14.6 Å². The fourth-order valence-corrected chi connectivity index (χ4v) is 2.00. The van der Waals surface area contributed by atoms with Gasteiger partial charge in [0.2, 0.25) is 0 Å². The van der Waals surface area contributed by atoms with Crippen LogP contribution in [0.3, 0.4) is 0 Å². The highest BCUT2D eigenvalue weighted by atomic mass is 16.5. The number of rotatable bonds is 2. The SMILES string of the molecule is COc1cc2c(cc1C(=O)O)C(N)CC2. The number of carbonyl (C=O) groups is 1. The second-order valence-electron chi connectivity index (χ2n) is 3.70. The van der Waals surface area contributed by atoms with Gasteiger partial charge < -0.3 is 15.6 Å². The molecule has 0 aromatic heterocycles. The Bertz CT molecular complexity index is 415. The summed E-state index contributed by atoms with van der Waals surface area (Å²) in [4.78, 5) is 11.0. The number of carboxylic acids is 1. The molecule has 0 fully saturated rings. The highest BCUT2D eigenvalue weighted by Gasteiger charge is 2.23. The number of benzene rings is 1. The topological polar surface area (TPSA) is 72.5 Å². The lowest BCUT2D eigenvalue weighted by Crippen LogP contribution is -2.08. The Hall–Kier alpha value is -1.55. The maximum Gasteiger partial charge on any atom is 0.339 e. The van der Waals surface area contributed by atoms with Crippen molar-refractivity contribution in [2.45, 2.75) is 18.9 Å². The first-order valence-electron chi connectivity index (χ1n) is 4.83. The molecule has 15 heavy (non-hydrogen) atoms. The van der Waals surface area contributed by atoms with E-state index in [1.54, 1.807) is 12.1 Å². The minimum Gasteiger partial charge on any atom is -0.496 e. The van der Waals surface area contributed by atoms with Crippen LogP contribution in [-0.2, 0) is 6.42 Å². The minimum atomic E-state index is -0.978. The van der Waals surface area contributed by atoms with Crippen LogP contribution >= 0.6 is 0 Å². The lowest BCUT2D eigenvalue weighted by molar-refractivity contribution is 0.0693. The van der Waals surface area contributed by atoms with Gasteiger partial charge in [0.05, 0.1) is 7.11 Å². The third-order valence-electron chi connectivity index (χ3n) is 2.82. The zero-order valence-corrected chi connectivity index (χ0v) is 8.49. The van der Waals surface area contributed by atoms with Gasteiger partial charge >= 0.3 is 5.97 Å². The Morgan fingerprint density at radius 3 is 2.93 bits per heavy atom. The maximum absolute atomic E-state index is 11.0. The predicted octanol–water partition coefficient (Wildman–Crippen LogP) is 1.34. The van der Waals surface area contributed by atoms with Crippen molar-refractivity contribution in [1.82, 2.24) is 0 Å². The Morgan fingerprint density at radius 2 is 2.33 bits per heavy atom. The molecule has 0 spiro atoms. The summed E-state index contributed by atoms with van der Waals surface area (Å²) in [5.41, 5.74) is 8.10. The number of ether oxygens (including phenoxy) is 1. The quantitative estimate of drug-likeness (QED) is 0.767. The molecule has 1 aromatic carbocycles. The third-order valence-corrected chi connectivity index (χ3v) is 2.82. The second kappa shape index (κ2) is 3.55. The summed E-state index contributed by atoms with van der Waals surface area (Å²) in [5, 5.41) is 8.99. The van der Waals surface area contributed by atoms with E-state index in [-0.39, 0.29) is 11.6 Å². The van der Waals surface area contributed by atoms with Gasteiger partial charge in [-0.2, -0.15) is 0 Å². The number of fused-ring (bicyclic) bond motifs is 1. The average molecular weight is 207 g/mol. The van der Waals surface area contributed by atoms with Crippen molar-refractivity contribution >= 4 is 5.97 Å². The number of hydrogen-bond acceptors (Lipinski definition) is 3. The molecule has 1 atom stereocenters. The molecule has 1 aliphatic rings. The first kappa shape index (κ1) is 9.98. The lowest BCUT2D eigenvalue weighted by atomic mass is 10.0. The van der Waals surface area contributed by atoms with E-state index in [0.717, 1.165) is 24.0 Å². The smallest absolute Gasteiger partial charge is 0.339 e. The average Bonchev–Trinajstić information content (AvgIpc) is 2.58. The molecule has 0 saturated heterocycles. The van der Waals surface area contributed by atoms with Crippen molar-refractivity contribution in [3.8, 4) is 5.75 Å². The number of carboxylic acid groups (broad SMARTS) is 1. The van der Waals surface area contributed by atoms with Crippen molar-refractivity contribution in [3.05, 3.63) is 28.8 Å². The normalized spacial score (nSPS) is 18.7. The van der Waals surface area contributed by atoms with E-state index in [2.05, 4.69) is 0 Å². The fourth-order valence-electron chi connectivity index (χ4n) is 2.00. The molecule has 0 heterocycles. The van der Waals surface area contributed by atoms with Gasteiger partial charge in [-0.05, 0) is 36.1 Å². The first-order chi connectivity index (χ1) is 7.13. The van der Waals surface area contributed by atoms with Crippen LogP contribution < -0.4 is 10.5 Å². The summed E-state index contributed by atoms with van der Waals surface area (Å²) in [6, 6.07) is 3.38. The van der Waals surface area contributed by atoms with E-state index in [9.17, 15) is 4.79 Å². The largest absolute Gasteiger partial charge is 0.496 e. The molecule has 4 heteroatoms. The van der Waals surface area contributed by atoms with Crippen molar-refractivity contribution in [1.29, 1.82) is 0 Å². The number of nitrogens with two attached hydrogens (primary N) is 1. The van der Waals surface area contributed by atoms with E-state index in [1.165, 1.54) is 7.11 Å². The van der Waals surface area contributed by atoms with Crippen LogP contribution in [0, 0.1) is 0 Å². The number of hydrogen-bond donors (Lipinski definition) is 2. The number of methoxy groups -OCH3 is 1. The standard InChI is InChI=1S/C11H13NO3/c1-15-10-4-6-2-3-9(12)7(6)5-8(10)11(13)14/h4-5,9H,2-3,12H2,1H3,(H,13,14). The van der Waals surface area contributed by atoms with E-state index in [4.69, 9.17) is 15.6 Å². The van der Waals surface area contributed by atoms with Crippen LogP contribution in [-0.4, -0.2) is 18.2 Å².